The maximum atomic E-state index is 11.8. The van der Waals surface area contributed by atoms with Crippen LogP contribution < -0.4 is 5.32 Å². The van der Waals surface area contributed by atoms with Crippen molar-refractivity contribution in [1.82, 2.24) is 10.2 Å². The van der Waals surface area contributed by atoms with E-state index >= 15 is 0 Å². The highest BCUT2D eigenvalue weighted by Gasteiger charge is 2.11. The van der Waals surface area contributed by atoms with Crippen LogP contribution >= 0.6 is 22.9 Å². The monoisotopic (exact) mass is 283 g/mol. The third kappa shape index (κ3) is 3.25. The highest BCUT2D eigenvalue weighted by molar-refractivity contribution is 7.17. The Labute approximate surface area is 113 Å². The number of methoxy groups -OCH3 is 1. The van der Waals surface area contributed by atoms with Gasteiger partial charge in [0.05, 0.1) is 6.61 Å². The van der Waals surface area contributed by atoms with Crippen LogP contribution in [0.2, 0.25) is 4.47 Å². The number of aromatic nitrogens is 2. The summed E-state index contributed by atoms with van der Waals surface area (Å²) >= 11 is 6.65. The summed E-state index contributed by atoms with van der Waals surface area (Å²) in [6.45, 7) is 0.542. The average molecular weight is 284 g/mol. The highest BCUT2D eigenvalue weighted by Crippen LogP contribution is 2.17. The van der Waals surface area contributed by atoms with Crippen LogP contribution in [0.1, 0.15) is 15.4 Å². The molecule has 1 N–H and O–H groups in total. The number of rotatable bonds is 4. The number of carbonyl (C=O) groups excluding carboxylic acids is 1. The molecule has 0 saturated heterocycles. The largest absolute Gasteiger partial charge is 0.380 e. The molecule has 0 radical (unpaired) electrons. The summed E-state index contributed by atoms with van der Waals surface area (Å²) in [6, 6.07) is 7.36. The molecule has 94 valence electrons. The smallest absolute Gasteiger partial charge is 0.286 e. The van der Waals surface area contributed by atoms with Crippen LogP contribution in [0.15, 0.2) is 24.3 Å². The molecule has 18 heavy (non-hydrogen) atoms. The Morgan fingerprint density at radius 1 is 1.39 bits per heavy atom. The summed E-state index contributed by atoms with van der Waals surface area (Å²) in [5, 5.41) is 10.2. The molecule has 2 aromatic rings. The van der Waals surface area contributed by atoms with E-state index in [0.717, 1.165) is 16.9 Å². The van der Waals surface area contributed by atoms with Crippen molar-refractivity contribution in [3.8, 4) is 0 Å². The van der Waals surface area contributed by atoms with Crippen LogP contribution in [0, 0.1) is 0 Å². The molecule has 0 spiro atoms. The Kier molecular flexibility index (Phi) is 4.24. The molecule has 2 rings (SSSR count). The molecule has 0 atom stereocenters. The van der Waals surface area contributed by atoms with Gasteiger partial charge < -0.3 is 10.1 Å². The molecule has 1 heterocycles. The number of ether oxygens (including phenoxy) is 1. The second kappa shape index (κ2) is 5.90. The first kappa shape index (κ1) is 12.9. The Hall–Kier alpha value is -1.50. The summed E-state index contributed by atoms with van der Waals surface area (Å²) in [4.78, 5) is 11.8. The van der Waals surface area contributed by atoms with Crippen molar-refractivity contribution >= 4 is 34.5 Å². The zero-order valence-corrected chi connectivity index (χ0v) is 11.1. The van der Waals surface area contributed by atoms with Crippen molar-refractivity contribution in [3.05, 3.63) is 39.3 Å². The second-order valence-corrected chi connectivity index (χ2v) is 5.00. The standard InChI is InChI=1S/C11H10ClN3O2S/c1-17-6-7-2-4-8(5-3-7)13-9(16)10-14-15-11(12)18-10/h2-5H,6H2,1H3,(H,13,16). The number of nitrogens with one attached hydrogen (secondary N) is 1. The highest BCUT2D eigenvalue weighted by atomic mass is 35.5. The number of benzene rings is 1. The van der Waals surface area contributed by atoms with Gasteiger partial charge in [0.25, 0.3) is 5.91 Å². The van der Waals surface area contributed by atoms with Crippen LogP contribution in [0.5, 0.6) is 0 Å². The van der Waals surface area contributed by atoms with Gasteiger partial charge in [0.2, 0.25) is 9.47 Å². The van der Waals surface area contributed by atoms with E-state index in [1.807, 2.05) is 12.1 Å². The van der Waals surface area contributed by atoms with Crippen molar-refractivity contribution < 1.29 is 9.53 Å². The third-order valence-electron chi connectivity index (χ3n) is 2.12. The third-order valence-corrected chi connectivity index (χ3v) is 3.13. The van der Waals surface area contributed by atoms with E-state index in [9.17, 15) is 4.79 Å². The molecule has 0 unspecified atom stereocenters. The normalized spacial score (nSPS) is 10.3. The van der Waals surface area contributed by atoms with Crippen molar-refractivity contribution in [3.63, 3.8) is 0 Å². The Morgan fingerprint density at radius 3 is 2.67 bits per heavy atom. The molecule has 0 saturated carbocycles. The summed E-state index contributed by atoms with van der Waals surface area (Å²) in [6.07, 6.45) is 0. The minimum absolute atomic E-state index is 0.237. The van der Waals surface area contributed by atoms with Crippen LogP contribution in [0.3, 0.4) is 0 Å². The van der Waals surface area contributed by atoms with Gasteiger partial charge in [0, 0.05) is 12.8 Å². The van der Waals surface area contributed by atoms with Gasteiger partial charge in [-0.2, -0.15) is 0 Å². The Morgan fingerprint density at radius 2 is 2.11 bits per heavy atom. The number of carbonyl (C=O) groups is 1. The van der Waals surface area contributed by atoms with Crippen molar-refractivity contribution in [2.75, 3.05) is 12.4 Å². The topological polar surface area (TPSA) is 64.1 Å². The number of anilines is 1. The molecule has 1 aromatic carbocycles. The zero-order chi connectivity index (χ0) is 13.0. The fraction of sp³-hybridized carbons (Fsp3) is 0.182. The zero-order valence-electron chi connectivity index (χ0n) is 9.51. The van der Waals surface area contributed by atoms with Gasteiger partial charge >= 0.3 is 0 Å². The average Bonchev–Trinajstić information content (AvgIpc) is 2.79. The summed E-state index contributed by atoms with van der Waals surface area (Å²) in [7, 11) is 1.63. The molecule has 0 aliphatic rings. The van der Waals surface area contributed by atoms with Gasteiger partial charge in [-0.1, -0.05) is 23.5 Å². The van der Waals surface area contributed by atoms with Crippen LogP contribution in [-0.2, 0) is 11.3 Å². The van der Waals surface area contributed by atoms with Gasteiger partial charge in [0.1, 0.15) is 0 Å². The molecular formula is C11H10ClN3O2S. The molecule has 0 aliphatic carbocycles. The lowest BCUT2D eigenvalue weighted by Crippen LogP contribution is -2.11. The molecule has 5 nitrogen and oxygen atoms in total. The SMILES string of the molecule is COCc1ccc(NC(=O)c2nnc(Cl)s2)cc1. The van der Waals surface area contributed by atoms with Gasteiger partial charge in [-0.15, -0.1) is 10.2 Å². The molecule has 1 aromatic heterocycles. The van der Waals surface area contributed by atoms with E-state index in [4.69, 9.17) is 16.3 Å². The summed E-state index contributed by atoms with van der Waals surface area (Å²) < 4.78 is 5.25. The first-order chi connectivity index (χ1) is 8.69. The number of halogens is 1. The van der Waals surface area contributed by atoms with E-state index in [1.54, 1.807) is 19.2 Å². The van der Waals surface area contributed by atoms with Crippen LogP contribution in [0.25, 0.3) is 0 Å². The molecule has 0 fully saturated rings. The predicted molar refractivity (Wildman–Crippen MR) is 70.0 cm³/mol. The van der Waals surface area contributed by atoms with Crippen LogP contribution in [-0.4, -0.2) is 23.2 Å². The molecule has 7 heteroatoms. The fourth-order valence-electron chi connectivity index (χ4n) is 1.33. The summed E-state index contributed by atoms with van der Waals surface area (Å²) in [5.74, 6) is -0.320. The lowest BCUT2D eigenvalue weighted by molar-refractivity contribution is 0.102. The van der Waals surface area contributed by atoms with E-state index in [1.165, 1.54) is 0 Å². The minimum atomic E-state index is -0.320. The van der Waals surface area contributed by atoms with Gasteiger partial charge in [-0.25, -0.2) is 0 Å². The van der Waals surface area contributed by atoms with Gasteiger partial charge in [-0.05, 0) is 29.3 Å². The fourth-order valence-corrected chi connectivity index (χ4v) is 2.06. The molecule has 0 bridgehead atoms. The second-order valence-electron chi connectivity index (χ2n) is 3.44. The lowest BCUT2D eigenvalue weighted by atomic mass is 10.2. The quantitative estimate of drug-likeness (QED) is 0.937. The first-order valence-corrected chi connectivity index (χ1v) is 6.26. The predicted octanol–water partition coefficient (Wildman–Crippen LogP) is 2.59. The minimum Gasteiger partial charge on any atom is -0.380 e. The van der Waals surface area contributed by atoms with E-state index in [0.29, 0.717) is 12.3 Å². The number of hydrogen-bond donors (Lipinski definition) is 1. The maximum Gasteiger partial charge on any atom is 0.286 e. The first-order valence-electron chi connectivity index (χ1n) is 5.07. The number of nitrogens with zero attached hydrogens (tertiary/aromatic N) is 2. The van der Waals surface area contributed by atoms with Crippen molar-refractivity contribution in [2.24, 2.45) is 0 Å². The van der Waals surface area contributed by atoms with Crippen molar-refractivity contribution in [2.45, 2.75) is 6.61 Å². The van der Waals surface area contributed by atoms with E-state index in [-0.39, 0.29) is 15.4 Å². The lowest BCUT2D eigenvalue weighted by Gasteiger charge is -2.04. The molecular weight excluding hydrogens is 274 g/mol. The summed E-state index contributed by atoms with van der Waals surface area (Å²) in [5.41, 5.74) is 1.72. The van der Waals surface area contributed by atoms with Crippen molar-refractivity contribution in [1.29, 1.82) is 0 Å². The van der Waals surface area contributed by atoms with E-state index in [2.05, 4.69) is 15.5 Å². The molecule has 0 aliphatic heterocycles. The molecule has 1 amide bonds. The Balaban J connectivity index is 2.03. The maximum absolute atomic E-state index is 11.8. The van der Waals surface area contributed by atoms with Gasteiger partial charge in [0.15, 0.2) is 0 Å². The van der Waals surface area contributed by atoms with E-state index < -0.39 is 0 Å². The Bertz CT molecular complexity index is 541. The van der Waals surface area contributed by atoms with Gasteiger partial charge in [-0.3, -0.25) is 4.79 Å². The number of amides is 1. The number of hydrogen-bond acceptors (Lipinski definition) is 5. The van der Waals surface area contributed by atoms with Crippen LogP contribution in [0.4, 0.5) is 5.69 Å².